The Morgan fingerprint density at radius 3 is 2.19 bits per heavy atom. The molecule has 1 aliphatic rings. The van der Waals surface area contributed by atoms with E-state index in [1.54, 1.807) is 24.1 Å². The quantitative estimate of drug-likeness (QED) is 0.583. The molecular formula is C22H25N3O5S. The van der Waals surface area contributed by atoms with Crippen molar-refractivity contribution in [1.82, 2.24) is 13.8 Å². The van der Waals surface area contributed by atoms with E-state index in [0.717, 1.165) is 16.7 Å². The minimum absolute atomic E-state index is 0.0326. The van der Waals surface area contributed by atoms with E-state index >= 15 is 0 Å². The minimum Gasteiger partial charge on any atom is -0.497 e. The predicted molar refractivity (Wildman–Crippen MR) is 117 cm³/mol. The van der Waals surface area contributed by atoms with E-state index < -0.39 is 10.0 Å². The molecular weight excluding hydrogens is 418 g/mol. The van der Waals surface area contributed by atoms with Gasteiger partial charge in [-0.15, -0.1) is 0 Å². The van der Waals surface area contributed by atoms with Crippen molar-refractivity contribution in [1.29, 1.82) is 0 Å². The molecule has 0 N–H and O–H groups in total. The van der Waals surface area contributed by atoms with Gasteiger partial charge in [-0.3, -0.25) is 4.79 Å². The van der Waals surface area contributed by atoms with Gasteiger partial charge in [-0.05, 0) is 48.5 Å². The highest BCUT2D eigenvalue weighted by Crippen LogP contribution is 2.23. The van der Waals surface area contributed by atoms with E-state index in [2.05, 4.69) is 0 Å². The number of amides is 1. The third-order valence-electron chi connectivity index (χ3n) is 5.57. The van der Waals surface area contributed by atoms with Crippen molar-refractivity contribution in [3.63, 3.8) is 0 Å². The molecule has 1 saturated heterocycles. The summed E-state index contributed by atoms with van der Waals surface area (Å²) in [5.74, 6) is 1.34. The SMILES string of the molecule is COc1ccc(S(=O)(=O)N2CCN(C(=O)Cn3ccc4cc(OC)ccc43)CC2)cc1. The Labute approximate surface area is 181 Å². The van der Waals surface area contributed by atoms with Crippen LogP contribution in [0.15, 0.2) is 59.6 Å². The van der Waals surface area contributed by atoms with Gasteiger partial charge in [0.05, 0.1) is 19.1 Å². The molecule has 0 spiro atoms. The molecule has 0 radical (unpaired) electrons. The Balaban J connectivity index is 1.39. The molecule has 3 aromatic rings. The number of ether oxygens (including phenoxy) is 2. The Bertz CT molecular complexity index is 1180. The minimum atomic E-state index is -3.60. The topological polar surface area (TPSA) is 81.1 Å². The summed E-state index contributed by atoms with van der Waals surface area (Å²) in [6.45, 7) is 1.47. The van der Waals surface area contributed by atoms with Crippen molar-refractivity contribution in [2.75, 3.05) is 40.4 Å². The van der Waals surface area contributed by atoms with Crippen molar-refractivity contribution < 1.29 is 22.7 Å². The molecule has 1 aromatic heterocycles. The van der Waals surface area contributed by atoms with Crippen molar-refractivity contribution >= 4 is 26.8 Å². The summed E-state index contributed by atoms with van der Waals surface area (Å²) in [5.41, 5.74) is 0.954. The number of carbonyl (C=O) groups excluding carboxylic acids is 1. The molecule has 1 amide bonds. The number of aromatic nitrogens is 1. The van der Waals surface area contributed by atoms with Crippen molar-refractivity contribution in [2.45, 2.75) is 11.4 Å². The van der Waals surface area contributed by atoms with Crippen LogP contribution in [0.3, 0.4) is 0 Å². The first-order valence-corrected chi connectivity index (χ1v) is 11.4. The summed E-state index contributed by atoms with van der Waals surface area (Å²) in [6, 6.07) is 14.0. The summed E-state index contributed by atoms with van der Waals surface area (Å²) in [7, 11) is -0.443. The number of carbonyl (C=O) groups is 1. The van der Waals surface area contributed by atoms with Crippen LogP contribution in [0.4, 0.5) is 0 Å². The van der Waals surface area contributed by atoms with Crippen LogP contribution >= 0.6 is 0 Å². The summed E-state index contributed by atoms with van der Waals surface area (Å²) in [6.07, 6.45) is 1.88. The highest BCUT2D eigenvalue weighted by molar-refractivity contribution is 7.89. The number of sulfonamides is 1. The van der Waals surface area contributed by atoms with Crippen LogP contribution in [0.1, 0.15) is 0 Å². The first kappa shape index (κ1) is 21.2. The van der Waals surface area contributed by atoms with Crippen LogP contribution in [0.5, 0.6) is 11.5 Å². The second kappa shape index (κ2) is 8.60. The molecule has 0 saturated carbocycles. The van der Waals surface area contributed by atoms with Crippen molar-refractivity contribution in [2.24, 2.45) is 0 Å². The number of hydrogen-bond acceptors (Lipinski definition) is 5. The van der Waals surface area contributed by atoms with Gasteiger partial charge in [-0.2, -0.15) is 4.31 Å². The standard InChI is InChI=1S/C22H25N3O5S/c1-29-18-3-6-20(7-4-18)31(27,28)25-13-11-23(12-14-25)22(26)16-24-10-9-17-15-19(30-2)5-8-21(17)24/h3-10,15H,11-14,16H2,1-2H3. The average Bonchev–Trinajstić information content (AvgIpc) is 3.20. The van der Waals surface area contributed by atoms with Gasteiger partial charge in [-0.1, -0.05) is 0 Å². The van der Waals surface area contributed by atoms with Crippen LogP contribution in [0.25, 0.3) is 10.9 Å². The second-order valence-corrected chi connectivity index (χ2v) is 9.27. The third kappa shape index (κ3) is 4.24. The molecule has 2 aromatic carbocycles. The Hall–Kier alpha value is -3.04. The molecule has 1 fully saturated rings. The van der Waals surface area contributed by atoms with E-state index in [-0.39, 0.29) is 30.4 Å². The molecule has 0 aliphatic carbocycles. The first-order valence-electron chi connectivity index (χ1n) is 9.97. The zero-order valence-corrected chi connectivity index (χ0v) is 18.3. The maximum atomic E-state index is 12.9. The van der Waals surface area contributed by atoms with Gasteiger partial charge in [0.2, 0.25) is 15.9 Å². The number of hydrogen-bond donors (Lipinski definition) is 0. The number of fused-ring (bicyclic) bond motifs is 1. The van der Waals surface area contributed by atoms with Gasteiger partial charge in [0.15, 0.2) is 0 Å². The Morgan fingerprint density at radius 1 is 0.903 bits per heavy atom. The molecule has 0 atom stereocenters. The van der Waals surface area contributed by atoms with E-state index in [4.69, 9.17) is 9.47 Å². The number of nitrogens with zero attached hydrogens (tertiary/aromatic N) is 3. The fraction of sp³-hybridized carbons (Fsp3) is 0.318. The second-order valence-electron chi connectivity index (χ2n) is 7.33. The van der Waals surface area contributed by atoms with Crippen LogP contribution in [-0.4, -0.2) is 68.5 Å². The maximum absolute atomic E-state index is 12.9. The Kier molecular flexibility index (Phi) is 5.88. The molecule has 31 heavy (non-hydrogen) atoms. The summed E-state index contributed by atoms with van der Waals surface area (Å²) >= 11 is 0. The third-order valence-corrected chi connectivity index (χ3v) is 7.49. The highest BCUT2D eigenvalue weighted by Gasteiger charge is 2.30. The lowest BCUT2D eigenvalue weighted by Gasteiger charge is -2.34. The number of benzene rings is 2. The summed E-state index contributed by atoms with van der Waals surface area (Å²) in [4.78, 5) is 14.8. The molecule has 2 heterocycles. The van der Waals surface area contributed by atoms with Crippen LogP contribution < -0.4 is 9.47 Å². The fourth-order valence-electron chi connectivity index (χ4n) is 3.76. The smallest absolute Gasteiger partial charge is 0.243 e. The zero-order chi connectivity index (χ0) is 22.0. The zero-order valence-electron chi connectivity index (χ0n) is 17.5. The van der Waals surface area contributed by atoms with Crippen LogP contribution in [-0.2, 0) is 21.4 Å². The van der Waals surface area contributed by atoms with Gasteiger partial charge >= 0.3 is 0 Å². The largest absolute Gasteiger partial charge is 0.497 e. The highest BCUT2D eigenvalue weighted by atomic mass is 32.2. The molecule has 1 aliphatic heterocycles. The number of methoxy groups -OCH3 is 2. The van der Waals surface area contributed by atoms with Gasteiger partial charge in [0.1, 0.15) is 18.0 Å². The van der Waals surface area contributed by atoms with Gasteiger partial charge in [0.25, 0.3) is 0 Å². The van der Waals surface area contributed by atoms with E-state index in [1.807, 2.05) is 35.0 Å². The van der Waals surface area contributed by atoms with Gasteiger partial charge in [0, 0.05) is 43.3 Å². The number of piperazine rings is 1. The van der Waals surface area contributed by atoms with E-state index in [9.17, 15) is 13.2 Å². The molecule has 4 rings (SSSR count). The molecule has 9 heteroatoms. The lowest BCUT2D eigenvalue weighted by molar-refractivity contribution is -0.132. The molecule has 0 bridgehead atoms. The summed E-state index contributed by atoms with van der Waals surface area (Å²) < 4.78 is 39.4. The lowest BCUT2D eigenvalue weighted by atomic mass is 10.2. The van der Waals surface area contributed by atoms with Gasteiger partial charge < -0.3 is 18.9 Å². The molecule has 0 unspecified atom stereocenters. The van der Waals surface area contributed by atoms with E-state index in [1.165, 1.54) is 23.5 Å². The van der Waals surface area contributed by atoms with Crippen molar-refractivity contribution in [3.8, 4) is 11.5 Å². The average molecular weight is 444 g/mol. The summed E-state index contributed by atoms with van der Waals surface area (Å²) in [5, 5.41) is 1.00. The van der Waals surface area contributed by atoms with Gasteiger partial charge in [-0.25, -0.2) is 8.42 Å². The first-order chi connectivity index (χ1) is 14.9. The van der Waals surface area contributed by atoms with Crippen LogP contribution in [0, 0.1) is 0 Å². The molecule has 164 valence electrons. The van der Waals surface area contributed by atoms with E-state index in [0.29, 0.717) is 18.8 Å². The number of rotatable bonds is 6. The monoisotopic (exact) mass is 443 g/mol. The van der Waals surface area contributed by atoms with Crippen molar-refractivity contribution in [3.05, 3.63) is 54.7 Å². The Morgan fingerprint density at radius 2 is 1.55 bits per heavy atom. The fourth-order valence-corrected chi connectivity index (χ4v) is 5.19. The predicted octanol–water partition coefficient (Wildman–Crippen LogP) is 2.19. The van der Waals surface area contributed by atoms with Crippen LogP contribution in [0.2, 0.25) is 0 Å². The normalized spacial score (nSPS) is 15.2. The maximum Gasteiger partial charge on any atom is 0.243 e. The molecule has 8 nitrogen and oxygen atoms in total. The lowest BCUT2D eigenvalue weighted by Crippen LogP contribution is -2.51.